The van der Waals surface area contributed by atoms with Gasteiger partial charge in [0, 0.05) is 6.07 Å². The molecule has 1 radical (unpaired) electrons. The highest BCUT2D eigenvalue weighted by atomic mass is 16.5. The van der Waals surface area contributed by atoms with Gasteiger partial charge in [0.2, 0.25) is 11.8 Å². The fraction of sp³-hybridized carbons (Fsp3) is 0.174. The molecule has 6 nitrogen and oxygen atoms in total. The summed E-state index contributed by atoms with van der Waals surface area (Å²) in [5, 5.41) is 11.3. The SMILES string of the molecule is O=C([CH]CO)Nc1ccc(Oc2ccc3c(c2)CC[C@@H](c2ccccc2)O3)nc1. The summed E-state index contributed by atoms with van der Waals surface area (Å²) in [6.07, 6.45) is 4.54. The van der Waals surface area contributed by atoms with E-state index in [1.165, 1.54) is 11.8 Å². The van der Waals surface area contributed by atoms with E-state index < -0.39 is 0 Å². The average Bonchev–Trinajstić information content (AvgIpc) is 2.75. The van der Waals surface area contributed by atoms with Crippen LogP contribution >= 0.6 is 0 Å². The van der Waals surface area contributed by atoms with Crippen LogP contribution in [0.4, 0.5) is 5.69 Å². The lowest BCUT2D eigenvalue weighted by atomic mass is 9.97. The summed E-state index contributed by atoms with van der Waals surface area (Å²) < 4.78 is 12.0. The Balaban J connectivity index is 1.40. The van der Waals surface area contributed by atoms with Gasteiger partial charge >= 0.3 is 0 Å². The minimum Gasteiger partial charge on any atom is -0.485 e. The van der Waals surface area contributed by atoms with Gasteiger partial charge in [-0.2, -0.15) is 0 Å². The van der Waals surface area contributed by atoms with Gasteiger partial charge in [0.15, 0.2) is 0 Å². The summed E-state index contributed by atoms with van der Waals surface area (Å²) in [6.45, 7) is -0.311. The van der Waals surface area contributed by atoms with Crippen molar-refractivity contribution in [3.8, 4) is 17.4 Å². The first kappa shape index (κ1) is 19.0. The van der Waals surface area contributed by atoms with Crippen LogP contribution in [0.1, 0.15) is 23.7 Å². The summed E-state index contributed by atoms with van der Waals surface area (Å²) >= 11 is 0. The molecule has 1 aromatic heterocycles. The predicted octanol–water partition coefficient (Wildman–Crippen LogP) is 4.08. The van der Waals surface area contributed by atoms with E-state index in [9.17, 15) is 4.79 Å². The zero-order chi connectivity index (χ0) is 20.1. The Hall–Kier alpha value is -3.38. The fourth-order valence-corrected chi connectivity index (χ4v) is 3.24. The van der Waals surface area contributed by atoms with Crippen molar-refractivity contribution in [2.24, 2.45) is 0 Å². The smallest absolute Gasteiger partial charge is 0.230 e. The third-order valence-corrected chi connectivity index (χ3v) is 4.65. The van der Waals surface area contributed by atoms with Crippen molar-refractivity contribution in [2.45, 2.75) is 18.9 Å². The van der Waals surface area contributed by atoms with Gasteiger partial charge in [-0.05, 0) is 48.2 Å². The molecule has 1 aliphatic heterocycles. The molecule has 0 aliphatic carbocycles. The van der Waals surface area contributed by atoms with Gasteiger partial charge in [-0.1, -0.05) is 30.3 Å². The molecule has 1 atom stereocenters. The number of carbonyl (C=O) groups is 1. The second kappa shape index (κ2) is 8.75. The van der Waals surface area contributed by atoms with E-state index in [-0.39, 0.29) is 18.6 Å². The van der Waals surface area contributed by atoms with E-state index in [2.05, 4.69) is 22.4 Å². The number of ether oxygens (including phenoxy) is 2. The molecule has 0 saturated heterocycles. The number of anilines is 1. The molecule has 147 valence electrons. The monoisotopic (exact) mass is 389 g/mol. The van der Waals surface area contributed by atoms with Gasteiger partial charge < -0.3 is 19.9 Å². The first-order valence-electron chi connectivity index (χ1n) is 9.45. The van der Waals surface area contributed by atoms with Gasteiger partial charge in [0.05, 0.1) is 24.9 Å². The Morgan fingerprint density at radius 1 is 1.21 bits per heavy atom. The van der Waals surface area contributed by atoms with Crippen LogP contribution in [-0.4, -0.2) is 22.6 Å². The zero-order valence-electron chi connectivity index (χ0n) is 15.7. The number of nitrogens with zero attached hydrogens (tertiary/aromatic N) is 1. The van der Waals surface area contributed by atoms with Crippen molar-refractivity contribution in [3.05, 3.63) is 84.4 Å². The molecular formula is C23H21N2O4. The van der Waals surface area contributed by atoms with Gasteiger partial charge in [0.1, 0.15) is 17.6 Å². The lowest BCUT2D eigenvalue weighted by molar-refractivity contribution is -0.113. The van der Waals surface area contributed by atoms with Crippen LogP contribution in [0.3, 0.4) is 0 Å². The maximum atomic E-state index is 11.4. The number of aryl methyl sites for hydroxylation is 1. The van der Waals surface area contributed by atoms with E-state index in [4.69, 9.17) is 14.6 Å². The van der Waals surface area contributed by atoms with Crippen LogP contribution in [0, 0.1) is 6.42 Å². The van der Waals surface area contributed by atoms with E-state index in [0.29, 0.717) is 17.3 Å². The Bertz CT molecular complexity index is 974. The van der Waals surface area contributed by atoms with Crippen LogP contribution < -0.4 is 14.8 Å². The Kier molecular flexibility index (Phi) is 5.72. The topological polar surface area (TPSA) is 80.7 Å². The quantitative estimate of drug-likeness (QED) is 0.664. The minimum absolute atomic E-state index is 0.0722. The molecule has 2 aromatic carbocycles. The molecule has 0 bridgehead atoms. The maximum absolute atomic E-state index is 11.4. The summed E-state index contributed by atoms with van der Waals surface area (Å²) in [5.74, 6) is 1.60. The van der Waals surface area contributed by atoms with Crippen molar-refractivity contribution in [2.75, 3.05) is 11.9 Å². The van der Waals surface area contributed by atoms with Crippen molar-refractivity contribution < 1.29 is 19.4 Å². The Morgan fingerprint density at radius 2 is 2.07 bits per heavy atom. The summed E-state index contributed by atoms with van der Waals surface area (Å²) in [6, 6.07) is 19.4. The number of rotatable bonds is 6. The molecule has 1 amide bonds. The third-order valence-electron chi connectivity index (χ3n) is 4.65. The number of aliphatic hydroxyl groups excluding tert-OH is 1. The van der Waals surface area contributed by atoms with Crippen molar-refractivity contribution in [1.29, 1.82) is 0 Å². The zero-order valence-corrected chi connectivity index (χ0v) is 15.7. The van der Waals surface area contributed by atoms with Crippen LogP contribution in [0.5, 0.6) is 17.4 Å². The van der Waals surface area contributed by atoms with Crippen molar-refractivity contribution in [3.63, 3.8) is 0 Å². The molecule has 4 rings (SSSR count). The highest BCUT2D eigenvalue weighted by Gasteiger charge is 2.21. The number of hydrogen-bond acceptors (Lipinski definition) is 5. The number of amides is 1. The molecule has 6 heteroatoms. The first-order chi connectivity index (χ1) is 14.2. The molecule has 2 N–H and O–H groups in total. The molecule has 0 unspecified atom stereocenters. The van der Waals surface area contributed by atoms with Crippen LogP contribution in [0.25, 0.3) is 0 Å². The normalized spacial score (nSPS) is 15.1. The Labute approximate surface area is 169 Å². The van der Waals surface area contributed by atoms with E-state index in [1.807, 2.05) is 36.4 Å². The summed E-state index contributed by atoms with van der Waals surface area (Å²) in [7, 11) is 0. The Morgan fingerprint density at radius 3 is 2.83 bits per heavy atom. The molecule has 2 heterocycles. The minimum atomic E-state index is -0.383. The number of pyridine rings is 1. The first-order valence-corrected chi connectivity index (χ1v) is 9.45. The molecule has 0 spiro atoms. The van der Waals surface area contributed by atoms with E-state index in [0.717, 1.165) is 30.6 Å². The van der Waals surface area contributed by atoms with Crippen molar-refractivity contribution >= 4 is 11.6 Å². The second-order valence-corrected chi connectivity index (χ2v) is 6.69. The number of hydrogen-bond donors (Lipinski definition) is 2. The average molecular weight is 389 g/mol. The largest absolute Gasteiger partial charge is 0.485 e. The number of carbonyl (C=O) groups excluding carboxylic acids is 1. The van der Waals surface area contributed by atoms with Crippen LogP contribution in [-0.2, 0) is 11.2 Å². The number of aliphatic hydroxyl groups is 1. The molecule has 0 saturated carbocycles. The van der Waals surface area contributed by atoms with E-state index >= 15 is 0 Å². The molecule has 0 fully saturated rings. The van der Waals surface area contributed by atoms with Crippen LogP contribution in [0.2, 0.25) is 0 Å². The second-order valence-electron chi connectivity index (χ2n) is 6.69. The van der Waals surface area contributed by atoms with Gasteiger partial charge in [-0.15, -0.1) is 0 Å². The number of nitrogens with one attached hydrogen (secondary N) is 1. The summed E-state index contributed by atoms with van der Waals surface area (Å²) in [5.41, 5.74) is 2.82. The molecular weight excluding hydrogens is 368 g/mol. The lowest BCUT2D eigenvalue weighted by Gasteiger charge is -2.26. The number of benzene rings is 2. The standard InChI is InChI=1S/C23H21N2O4/c26-13-12-22(27)25-18-7-11-23(24-15-18)28-19-8-10-21-17(14-19)6-9-20(29-21)16-4-2-1-3-5-16/h1-5,7-8,10-12,14-15,20,26H,6,9,13H2,(H,25,27)/t20-/m0/s1. The van der Waals surface area contributed by atoms with E-state index in [1.54, 1.807) is 12.1 Å². The maximum Gasteiger partial charge on any atom is 0.230 e. The summed E-state index contributed by atoms with van der Waals surface area (Å²) in [4.78, 5) is 15.6. The van der Waals surface area contributed by atoms with Crippen molar-refractivity contribution in [1.82, 2.24) is 4.98 Å². The highest BCUT2D eigenvalue weighted by molar-refractivity contribution is 5.97. The molecule has 1 aliphatic rings. The van der Waals surface area contributed by atoms with Gasteiger partial charge in [-0.3, -0.25) is 4.79 Å². The van der Waals surface area contributed by atoms with Crippen LogP contribution in [0.15, 0.2) is 66.9 Å². The highest BCUT2D eigenvalue weighted by Crippen LogP contribution is 2.37. The third kappa shape index (κ3) is 4.73. The number of fused-ring (bicyclic) bond motifs is 1. The van der Waals surface area contributed by atoms with Gasteiger partial charge in [0.25, 0.3) is 0 Å². The number of aromatic nitrogens is 1. The lowest BCUT2D eigenvalue weighted by Crippen LogP contribution is -2.15. The fourth-order valence-electron chi connectivity index (χ4n) is 3.24. The molecule has 3 aromatic rings. The molecule has 29 heavy (non-hydrogen) atoms. The van der Waals surface area contributed by atoms with Gasteiger partial charge in [-0.25, -0.2) is 4.98 Å². The predicted molar refractivity (Wildman–Crippen MR) is 109 cm³/mol.